The summed E-state index contributed by atoms with van der Waals surface area (Å²) in [6.07, 6.45) is 1.92. The normalized spacial score (nSPS) is 23.9. The second kappa shape index (κ2) is 8.78. The quantitative estimate of drug-likeness (QED) is 0.739. The summed E-state index contributed by atoms with van der Waals surface area (Å²) in [7, 11) is 0. The van der Waals surface area contributed by atoms with Crippen LogP contribution >= 0.6 is 11.8 Å². The van der Waals surface area contributed by atoms with Crippen molar-refractivity contribution in [2.24, 2.45) is 0 Å². The van der Waals surface area contributed by atoms with Crippen LogP contribution in [-0.4, -0.2) is 43.4 Å². The lowest BCUT2D eigenvalue weighted by Gasteiger charge is -2.40. The molecule has 2 aromatic rings. The molecule has 0 radical (unpaired) electrons. The van der Waals surface area contributed by atoms with Crippen molar-refractivity contribution in [2.45, 2.75) is 25.9 Å². The number of anilines is 2. The van der Waals surface area contributed by atoms with Crippen LogP contribution in [0.2, 0.25) is 0 Å². The van der Waals surface area contributed by atoms with E-state index >= 15 is 0 Å². The Hall–Kier alpha value is -2.38. The van der Waals surface area contributed by atoms with Crippen LogP contribution in [0.1, 0.15) is 19.4 Å². The molecule has 2 heterocycles. The van der Waals surface area contributed by atoms with E-state index in [0.29, 0.717) is 35.0 Å². The molecule has 2 aliphatic heterocycles. The second-order valence-corrected chi connectivity index (χ2v) is 8.92. The van der Waals surface area contributed by atoms with Crippen molar-refractivity contribution in [2.75, 3.05) is 35.2 Å². The van der Waals surface area contributed by atoms with E-state index in [1.165, 1.54) is 22.7 Å². The molecule has 2 unspecified atom stereocenters. The molecule has 1 amide bonds. The molecule has 7 heteroatoms. The number of hydrogen-bond acceptors (Lipinski definition) is 4. The molecule has 2 fully saturated rings. The first kappa shape index (κ1) is 20.9. The van der Waals surface area contributed by atoms with E-state index in [4.69, 9.17) is 0 Å². The van der Waals surface area contributed by atoms with Crippen molar-refractivity contribution in [1.82, 2.24) is 5.32 Å². The number of carbonyl (C=O) groups is 1. The smallest absolute Gasteiger partial charge is 0.264 e. The number of carbonyl (C=O) groups excluding carboxylic acids is 1. The van der Waals surface area contributed by atoms with E-state index in [2.05, 4.69) is 30.1 Å². The van der Waals surface area contributed by atoms with Crippen LogP contribution in [0, 0.1) is 11.6 Å². The van der Waals surface area contributed by atoms with Gasteiger partial charge in [-0.1, -0.05) is 18.2 Å². The number of nitrogens with zero attached hydrogens (tertiary/aromatic N) is 2. The van der Waals surface area contributed by atoms with Gasteiger partial charge in [0.2, 0.25) is 0 Å². The molecule has 0 spiro atoms. The summed E-state index contributed by atoms with van der Waals surface area (Å²) in [6, 6.07) is 12.4. The van der Waals surface area contributed by atoms with Gasteiger partial charge in [-0.15, -0.1) is 11.8 Å². The standard InChI is InChI=1S/C23H25F2N3OS/c1-15-14-28(16(2)13-26-15)21-6-4-3-5-17(21)11-22-23(29)27(9-10-30-22)18-7-8-19(24)20(25)12-18/h3-8,11-12,15-16,26H,9-10,13-14H2,1-2H3/b22-11+. The molecule has 1 N–H and O–H groups in total. The Balaban J connectivity index is 1.65. The van der Waals surface area contributed by atoms with Gasteiger partial charge in [-0.3, -0.25) is 4.79 Å². The van der Waals surface area contributed by atoms with Crippen LogP contribution in [0.3, 0.4) is 0 Å². The SMILES string of the molecule is CC1CN(c2ccccc2/C=C2/SCCN(c3ccc(F)c(F)c3)C2=O)C(C)CN1. The number of piperazine rings is 1. The number of halogens is 2. The number of para-hydroxylation sites is 1. The zero-order valence-corrected chi connectivity index (χ0v) is 17.9. The predicted molar refractivity (Wildman–Crippen MR) is 120 cm³/mol. The highest BCUT2D eigenvalue weighted by Crippen LogP contribution is 2.33. The van der Waals surface area contributed by atoms with Crippen LogP contribution < -0.4 is 15.1 Å². The van der Waals surface area contributed by atoms with E-state index < -0.39 is 11.6 Å². The van der Waals surface area contributed by atoms with Crippen molar-refractivity contribution in [3.63, 3.8) is 0 Å². The number of nitrogens with one attached hydrogen (secondary N) is 1. The molecule has 2 aromatic carbocycles. The molecule has 2 saturated heterocycles. The van der Waals surface area contributed by atoms with Gasteiger partial charge in [0.1, 0.15) is 0 Å². The summed E-state index contributed by atoms with van der Waals surface area (Å²) in [5.41, 5.74) is 2.47. The zero-order chi connectivity index (χ0) is 21.3. The Morgan fingerprint density at radius 2 is 1.93 bits per heavy atom. The second-order valence-electron chi connectivity index (χ2n) is 7.78. The largest absolute Gasteiger partial charge is 0.366 e. The number of rotatable bonds is 3. The van der Waals surface area contributed by atoms with Gasteiger partial charge in [-0.2, -0.15) is 0 Å². The highest BCUT2D eigenvalue weighted by Gasteiger charge is 2.28. The van der Waals surface area contributed by atoms with Crippen LogP contribution in [-0.2, 0) is 4.79 Å². The highest BCUT2D eigenvalue weighted by molar-refractivity contribution is 8.04. The first-order chi connectivity index (χ1) is 14.4. The summed E-state index contributed by atoms with van der Waals surface area (Å²) < 4.78 is 27.0. The van der Waals surface area contributed by atoms with Gasteiger partial charge < -0.3 is 15.1 Å². The fourth-order valence-corrected chi connectivity index (χ4v) is 4.85. The average molecular weight is 430 g/mol. The topological polar surface area (TPSA) is 35.6 Å². The van der Waals surface area contributed by atoms with Crippen molar-refractivity contribution < 1.29 is 13.6 Å². The summed E-state index contributed by atoms with van der Waals surface area (Å²) >= 11 is 1.50. The minimum absolute atomic E-state index is 0.186. The fraction of sp³-hybridized carbons (Fsp3) is 0.348. The summed E-state index contributed by atoms with van der Waals surface area (Å²) in [5, 5.41) is 3.49. The summed E-state index contributed by atoms with van der Waals surface area (Å²) in [6.45, 7) is 6.61. The van der Waals surface area contributed by atoms with Crippen molar-refractivity contribution in [3.8, 4) is 0 Å². The van der Waals surface area contributed by atoms with Crippen LogP contribution in [0.5, 0.6) is 0 Å². The van der Waals surface area contributed by atoms with Gasteiger partial charge in [0.15, 0.2) is 11.6 Å². The Labute approximate surface area is 179 Å². The molecule has 158 valence electrons. The van der Waals surface area contributed by atoms with Crippen molar-refractivity contribution >= 4 is 35.1 Å². The lowest BCUT2D eigenvalue weighted by Crippen LogP contribution is -2.54. The average Bonchev–Trinajstić information content (AvgIpc) is 2.74. The minimum Gasteiger partial charge on any atom is -0.366 e. The molecule has 2 atom stereocenters. The van der Waals surface area contributed by atoms with E-state index in [1.807, 2.05) is 24.3 Å². The third-order valence-corrected chi connectivity index (χ3v) is 6.53. The molecule has 4 rings (SSSR count). The molecule has 4 nitrogen and oxygen atoms in total. The van der Waals surface area contributed by atoms with E-state index in [1.54, 1.807) is 0 Å². The molecule has 0 saturated carbocycles. The number of amides is 1. The molecule has 2 aliphatic rings. The maximum atomic E-state index is 13.7. The van der Waals surface area contributed by atoms with Crippen LogP contribution in [0.25, 0.3) is 6.08 Å². The maximum absolute atomic E-state index is 13.7. The zero-order valence-electron chi connectivity index (χ0n) is 17.1. The first-order valence-corrected chi connectivity index (χ1v) is 11.1. The van der Waals surface area contributed by atoms with Crippen LogP contribution in [0.4, 0.5) is 20.2 Å². The Bertz CT molecular complexity index is 981. The van der Waals surface area contributed by atoms with Gasteiger partial charge in [0.25, 0.3) is 5.91 Å². The molecule has 30 heavy (non-hydrogen) atoms. The molecular weight excluding hydrogens is 404 g/mol. The van der Waals surface area contributed by atoms with E-state index in [9.17, 15) is 13.6 Å². The lowest BCUT2D eigenvalue weighted by molar-refractivity contribution is -0.114. The third-order valence-electron chi connectivity index (χ3n) is 5.54. The third kappa shape index (κ3) is 4.23. The number of benzene rings is 2. The summed E-state index contributed by atoms with van der Waals surface area (Å²) in [4.78, 5) is 17.6. The number of hydrogen-bond donors (Lipinski definition) is 1. The molecule has 0 aliphatic carbocycles. The van der Waals surface area contributed by atoms with Gasteiger partial charge >= 0.3 is 0 Å². The number of thioether (sulfide) groups is 1. The lowest BCUT2D eigenvalue weighted by atomic mass is 10.1. The molecule has 0 aromatic heterocycles. The first-order valence-electron chi connectivity index (χ1n) is 10.1. The van der Waals surface area contributed by atoms with Gasteiger partial charge in [0.05, 0.1) is 4.91 Å². The Morgan fingerprint density at radius 3 is 2.73 bits per heavy atom. The molecular formula is C23H25F2N3OS. The molecule has 0 bridgehead atoms. The maximum Gasteiger partial charge on any atom is 0.264 e. The van der Waals surface area contributed by atoms with Crippen molar-refractivity contribution in [3.05, 3.63) is 64.6 Å². The highest BCUT2D eigenvalue weighted by atomic mass is 32.2. The monoisotopic (exact) mass is 429 g/mol. The predicted octanol–water partition coefficient (Wildman–Crippen LogP) is 4.27. The van der Waals surface area contributed by atoms with Crippen molar-refractivity contribution in [1.29, 1.82) is 0 Å². The van der Waals surface area contributed by atoms with Gasteiger partial charge in [0, 0.05) is 54.9 Å². The summed E-state index contributed by atoms with van der Waals surface area (Å²) in [5.74, 6) is -1.36. The Morgan fingerprint density at radius 1 is 1.13 bits per heavy atom. The van der Waals surface area contributed by atoms with E-state index in [-0.39, 0.29) is 5.91 Å². The fourth-order valence-electron chi connectivity index (χ4n) is 3.92. The van der Waals surface area contributed by atoms with Gasteiger partial charge in [-0.25, -0.2) is 8.78 Å². The van der Waals surface area contributed by atoms with E-state index in [0.717, 1.165) is 36.5 Å². The van der Waals surface area contributed by atoms with Crippen LogP contribution in [0.15, 0.2) is 47.4 Å². The minimum atomic E-state index is -0.948. The Kier molecular flexibility index (Phi) is 6.11. The van der Waals surface area contributed by atoms with Gasteiger partial charge in [-0.05, 0) is 43.7 Å².